The summed E-state index contributed by atoms with van der Waals surface area (Å²) >= 11 is 5.79. The van der Waals surface area contributed by atoms with Crippen LogP contribution in [0.4, 0.5) is 8.78 Å². The monoisotopic (exact) mass is 332 g/mol. The van der Waals surface area contributed by atoms with Gasteiger partial charge in [0.05, 0.1) is 5.56 Å². The van der Waals surface area contributed by atoms with Crippen molar-refractivity contribution in [3.05, 3.63) is 28.8 Å². The highest BCUT2D eigenvalue weighted by Gasteiger charge is 2.21. The molecule has 1 saturated heterocycles. The van der Waals surface area contributed by atoms with Gasteiger partial charge in [-0.3, -0.25) is 9.59 Å². The first-order chi connectivity index (χ1) is 10.5. The summed E-state index contributed by atoms with van der Waals surface area (Å²) in [5.41, 5.74) is -0.0741. The van der Waals surface area contributed by atoms with Crippen molar-refractivity contribution in [2.24, 2.45) is 0 Å². The summed E-state index contributed by atoms with van der Waals surface area (Å²) in [5, 5.41) is 5.58. The molecular weight excluding hydrogens is 318 g/mol. The molecule has 1 fully saturated rings. The first kappa shape index (κ1) is 16.5. The van der Waals surface area contributed by atoms with Crippen LogP contribution in [0.25, 0.3) is 0 Å². The summed E-state index contributed by atoms with van der Waals surface area (Å²) in [6.07, 6.45) is 1.98. The van der Waals surface area contributed by atoms with Crippen LogP contribution in [0.2, 0.25) is 5.02 Å². The number of amides is 2. The largest absolute Gasteiger partial charge is 0.434 e. The molecule has 5 nitrogen and oxygen atoms in total. The quantitative estimate of drug-likeness (QED) is 0.869. The summed E-state index contributed by atoms with van der Waals surface area (Å²) in [6, 6.07) is 3.67. The Morgan fingerprint density at radius 3 is 2.95 bits per heavy atom. The van der Waals surface area contributed by atoms with Crippen molar-refractivity contribution in [1.82, 2.24) is 10.6 Å². The molecule has 22 heavy (non-hydrogen) atoms. The molecule has 0 bridgehead atoms. The molecule has 0 aromatic heterocycles. The van der Waals surface area contributed by atoms with E-state index in [0.29, 0.717) is 6.42 Å². The summed E-state index contributed by atoms with van der Waals surface area (Å²) < 4.78 is 29.0. The number of hydrogen-bond acceptors (Lipinski definition) is 3. The van der Waals surface area contributed by atoms with Crippen LogP contribution in [0.1, 0.15) is 29.6 Å². The van der Waals surface area contributed by atoms with Crippen LogP contribution in [-0.4, -0.2) is 31.0 Å². The van der Waals surface area contributed by atoms with Crippen molar-refractivity contribution in [1.29, 1.82) is 0 Å². The van der Waals surface area contributed by atoms with Gasteiger partial charge in [0, 0.05) is 24.0 Å². The van der Waals surface area contributed by atoms with E-state index < -0.39 is 12.5 Å². The van der Waals surface area contributed by atoms with Crippen LogP contribution >= 0.6 is 11.6 Å². The number of ether oxygens (including phenoxy) is 1. The second kappa shape index (κ2) is 7.40. The van der Waals surface area contributed by atoms with E-state index in [1.165, 1.54) is 18.2 Å². The van der Waals surface area contributed by atoms with Gasteiger partial charge in [0.25, 0.3) is 5.91 Å². The van der Waals surface area contributed by atoms with Crippen molar-refractivity contribution < 1.29 is 23.1 Å². The molecule has 2 amide bonds. The highest BCUT2D eigenvalue weighted by molar-refractivity contribution is 6.31. The lowest BCUT2D eigenvalue weighted by Crippen LogP contribution is -2.46. The Hall–Kier alpha value is -1.89. The lowest BCUT2D eigenvalue weighted by atomic mass is 10.0. The molecule has 1 aliphatic rings. The summed E-state index contributed by atoms with van der Waals surface area (Å²) in [5.74, 6) is -0.891. The van der Waals surface area contributed by atoms with Gasteiger partial charge in [0.1, 0.15) is 5.75 Å². The minimum absolute atomic E-state index is 0.0602. The molecule has 1 atom stereocenters. The molecule has 1 aromatic rings. The number of alkyl halides is 2. The second-order valence-corrected chi connectivity index (χ2v) is 5.32. The standard InChI is InChI=1S/C14H15ClF2N2O3/c15-8-4-5-11(22-14(16)17)10(6-8)13(21)18-7-9-2-1-3-12(20)19-9/h4-6,9,14H,1-3,7H2,(H,18,21)(H,19,20)/t9-/m1/s1. The van der Waals surface area contributed by atoms with E-state index in [2.05, 4.69) is 15.4 Å². The molecular formula is C14H15ClF2N2O3. The number of hydrogen-bond donors (Lipinski definition) is 2. The summed E-state index contributed by atoms with van der Waals surface area (Å²) in [4.78, 5) is 23.4. The average Bonchev–Trinajstić information content (AvgIpc) is 2.46. The SMILES string of the molecule is O=C1CCC[C@H](CNC(=O)c2cc(Cl)ccc2OC(F)F)N1. The van der Waals surface area contributed by atoms with Crippen molar-refractivity contribution >= 4 is 23.4 Å². The third-order valence-corrected chi connectivity index (χ3v) is 3.47. The van der Waals surface area contributed by atoms with Gasteiger partial charge < -0.3 is 15.4 Å². The number of benzene rings is 1. The highest BCUT2D eigenvalue weighted by Crippen LogP contribution is 2.24. The fraction of sp³-hybridized carbons (Fsp3) is 0.429. The molecule has 2 N–H and O–H groups in total. The van der Waals surface area contributed by atoms with E-state index in [4.69, 9.17) is 11.6 Å². The van der Waals surface area contributed by atoms with E-state index in [0.717, 1.165) is 12.8 Å². The number of halogens is 3. The van der Waals surface area contributed by atoms with Crippen LogP contribution in [0.5, 0.6) is 5.75 Å². The van der Waals surface area contributed by atoms with Gasteiger partial charge in [-0.15, -0.1) is 0 Å². The third kappa shape index (κ3) is 4.56. The minimum atomic E-state index is -3.04. The highest BCUT2D eigenvalue weighted by atomic mass is 35.5. The lowest BCUT2D eigenvalue weighted by Gasteiger charge is -2.23. The Morgan fingerprint density at radius 1 is 1.50 bits per heavy atom. The molecule has 1 aromatic carbocycles. The Bertz CT molecular complexity index is 569. The number of carbonyl (C=O) groups is 2. The maximum absolute atomic E-state index is 12.3. The predicted molar refractivity (Wildman–Crippen MR) is 76.2 cm³/mol. The molecule has 0 unspecified atom stereocenters. The van der Waals surface area contributed by atoms with E-state index in [-0.39, 0.29) is 34.8 Å². The van der Waals surface area contributed by atoms with E-state index in [9.17, 15) is 18.4 Å². The van der Waals surface area contributed by atoms with E-state index in [1.807, 2.05) is 0 Å². The molecule has 0 saturated carbocycles. The first-order valence-corrected chi connectivity index (χ1v) is 7.15. The molecule has 8 heteroatoms. The molecule has 0 aliphatic carbocycles. The van der Waals surface area contributed by atoms with Crippen LogP contribution < -0.4 is 15.4 Å². The molecule has 2 rings (SSSR count). The van der Waals surface area contributed by atoms with Crippen molar-refractivity contribution in [3.63, 3.8) is 0 Å². The fourth-order valence-electron chi connectivity index (χ4n) is 2.22. The zero-order valence-corrected chi connectivity index (χ0v) is 12.3. The van der Waals surface area contributed by atoms with Crippen LogP contribution in [-0.2, 0) is 4.79 Å². The Morgan fingerprint density at radius 2 is 2.27 bits per heavy atom. The van der Waals surface area contributed by atoms with Crippen molar-refractivity contribution in [3.8, 4) is 5.75 Å². The lowest BCUT2D eigenvalue weighted by molar-refractivity contribution is -0.123. The van der Waals surface area contributed by atoms with Crippen LogP contribution in [0, 0.1) is 0 Å². The second-order valence-electron chi connectivity index (χ2n) is 4.89. The van der Waals surface area contributed by atoms with Gasteiger partial charge in [-0.05, 0) is 31.0 Å². The third-order valence-electron chi connectivity index (χ3n) is 3.23. The maximum atomic E-state index is 12.3. The molecule has 0 spiro atoms. The Labute approximate surface area is 131 Å². The van der Waals surface area contributed by atoms with Gasteiger partial charge >= 0.3 is 6.61 Å². The Balaban J connectivity index is 2.02. The van der Waals surface area contributed by atoms with Gasteiger partial charge in [0.15, 0.2) is 0 Å². The first-order valence-electron chi connectivity index (χ1n) is 6.77. The maximum Gasteiger partial charge on any atom is 0.387 e. The van der Waals surface area contributed by atoms with Crippen molar-refractivity contribution in [2.75, 3.05) is 6.54 Å². The molecule has 0 radical (unpaired) electrons. The zero-order chi connectivity index (χ0) is 16.1. The topological polar surface area (TPSA) is 67.4 Å². The van der Waals surface area contributed by atoms with Gasteiger partial charge in [-0.25, -0.2) is 0 Å². The number of rotatable bonds is 5. The summed E-state index contributed by atoms with van der Waals surface area (Å²) in [7, 11) is 0. The van der Waals surface area contributed by atoms with Gasteiger partial charge in [0.2, 0.25) is 5.91 Å². The van der Waals surface area contributed by atoms with Crippen molar-refractivity contribution in [2.45, 2.75) is 31.9 Å². The Kier molecular flexibility index (Phi) is 5.54. The fourth-order valence-corrected chi connectivity index (χ4v) is 2.40. The van der Waals surface area contributed by atoms with E-state index in [1.54, 1.807) is 0 Å². The normalized spacial score (nSPS) is 18.0. The smallest absolute Gasteiger partial charge is 0.387 e. The van der Waals surface area contributed by atoms with E-state index >= 15 is 0 Å². The van der Waals surface area contributed by atoms with Crippen LogP contribution in [0.15, 0.2) is 18.2 Å². The predicted octanol–water partition coefficient (Wildman–Crippen LogP) is 2.34. The van der Waals surface area contributed by atoms with Crippen LogP contribution in [0.3, 0.4) is 0 Å². The number of nitrogens with one attached hydrogen (secondary N) is 2. The number of piperidine rings is 1. The minimum Gasteiger partial charge on any atom is -0.434 e. The molecule has 1 aliphatic heterocycles. The summed E-state index contributed by atoms with van der Waals surface area (Å²) in [6.45, 7) is -2.82. The molecule has 1 heterocycles. The van der Waals surface area contributed by atoms with Gasteiger partial charge in [-0.1, -0.05) is 11.6 Å². The zero-order valence-electron chi connectivity index (χ0n) is 11.6. The van der Waals surface area contributed by atoms with Gasteiger partial charge in [-0.2, -0.15) is 8.78 Å². The average molecular weight is 333 g/mol. The number of carbonyl (C=O) groups excluding carboxylic acids is 2. The molecule has 120 valence electrons.